The van der Waals surface area contributed by atoms with Crippen molar-refractivity contribution in [2.75, 3.05) is 0 Å². The fraction of sp³-hybridized carbons (Fsp3) is 0. The second-order valence-electron chi connectivity index (χ2n) is 0.224. The zero-order valence-corrected chi connectivity index (χ0v) is 5.65. The molecule has 0 unspecified atom stereocenters. The molecule has 0 fully saturated rings. The molecular formula is H8NO7Yb-. The van der Waals surface area contributed by atoms with Crippen LogP contribution in [0.3, 0.4) is 0 Å². The summed E-state index contributed by atoms with van der Waals surface area (Å²) < 4.78 is 0. The summed E-state index contributed by atoms with van der Waals surface area (Å²) in [5.41, 5.74) is 0. The summed E-state index contributed by atoms with van der Waals surface area (Å²) in [6, 6.07) is 0. The molecule has 0 saturated carbocycles. The second-order valence-corrected chi connectivity index (χ2v) is 0.224. The molecule has 0 aliphatic carbocycles. The average Bonchev–Trinajstić information content (AvgIpc) is 0.811. The first-order chi connectivity index (χ1) is 1.73. The van der Waals surface area contributed by atoms with E-state index in [9.17, 15) is 0 Å². The summed E-state index contributed by atoms with van der Waals surface area (Å²) in [4.78, 5) is 8.25. The third-order valence-electron chi connectivity index (χ3n) is 0. The van der Waals surface area contributed by atoms with Gasteiger partial charge in [0.25, 0.3) is 0 Å². The topological polar surface area (TPSA) is 192 Å². The van der Waals surface area contributed by atoms with E-state index in [0.717, 1.165) is 0 Å². The van der Waals surface area contributed by atoms with Crippen molar-refractivity contribution >= 4 is 0 Å². The van der Waals surface area contributed by atoms with E-state index in [2.05, 4.69) is 0 Å². The van der Waals surface area contributed by atoms with E-state index in [0.29, 0.717) is 0 Å². The van der Waals surface area contributed by atoms with E-state index in [-0.39, 0.29) is 68.8 Å². The van der Waals surface area contributed by atoms with Crippen LogP contribution in [0.5, 0.6) is 0 Å². The molecule has 0 aliphatic rings. The molecule has 0 radical (unpaired) electrons. The first-order valence-electron chi connectivity index (χ1n) is 0.548. The molecular weight excluding hydrogens is 299 g/mol. The second kappa shape index (κ2) is 38.6. The minimum atomic E-state index is -1.75. The molecule has 8 nitrogen and oxygen atoms in total. The molecule has 0 aliphatic heterocycles. The van der Waals surface area contributed by atoms with Gasteiger partial charge in [-0.1, -0.05) is 0 Å². The predicted octanol–water partition coefficient (Wildman–Crippen LogP) is -3.54. The van der Waals surface area contributed by atoms with Crippen LogP contribution in [0.2, 0.25) is 0 Å². The summed E-state index contributed by atoms with van der Waals surface area (Å²) in [5.74, 6) is 0. The molecule has 0 aromatic carbocycles. The van der Waals surface area contributed by atoms with Gasteiger partial charge in [0.05, 0.1) is 5.09 Å². The van der Waals surface area contributed by atoms with Gasteiger partial charge in [-0.2, -0.15) is 0 Å². The monoisotopic (exact) mass is 308 g/mol. The van der Waals surface area contributed by atoms with Gasteiger partial charge in [-0.25, -0.2) is 0 Å². The first-order valence-corrected chi connectivity index (χ1v) is 0.548. The Morgan fingerprint density at radius 2 is 0.889 bits per heavy atom. The normalized spacial score (nSPS) is 2.67. The Morgan fingerprint density at radius 3 is 0.889 bits per heavy atom. The van der Waals surface area contributed by atoms with Gasteiger partial charge in [-0.05, 0) is 0 Å². The van der Waals surface area contributed by atoms with Crippen LogP contribution < -0.4 is 0 Å². The van der Waals surface area contributed by atoms with Crippen LogP contribution in [-0.4, -0.2) is 27.0 Å². The van der Waals surface area contributed by atoms with Gasteiger partial charge in [-0.3, -0.25) is 0 Å². The molecule has 0 aromatic rings. The summed E-state index contributed by atoms with van der Waals surface area (Å²) in [7, 11) is 0. The SMILES string of the molecule is O.O.O.O.O=[N+]([O-])[O-].[Yb]. The van der Waals surface area contributed by atoms with Gasteiger partial charge in [0.2, 0.25) is 0 Å². The van der Waals surface area contributed by atoms with Crippen molar-refractivity contribution in [3.8, 4) is 0 Å². The number of hydrogen-bond acceptors (Lipinski definition) is 3. The maximum absolute atomic E-state index is 8.25. The maximum Gasteiger partial charge on any atom is 0.0689 e. The van der Waals surface area contributed by atoms with Gasteiger partial charge >= 0.3 is 0 Å². The summed E-state index contributed by atoms with van der Waals surface area (Å²) in [6.45, 7) is 0. The Bertz CT molecular complexity index is 31.9. The summed E-state index contributed by atoms with van der Waals surface area (Å²) in [6.07, 6.45) is 0. The molecule has 0 spiro atoms. The molecule has 0 amide bonds. The van der Waals surface area contributed by atoms with Crippen LogP contribution >= 0.6 is 0 Å². The Labute approximate surface area is 88.4 Å². The van der Waals surface area contributed by atoms with Gasteiger partial charge in [0, 0.05) is 46.9 Å². The Hall–Kier alpha value is 0.559. The molecule has 9 heavy (non-hydrogen) atoms. The molecule has 0 bridgehead atoms. The minimum Gasteiger partial charge on any atom is -0.412 e. The fourth-order valence-electron chi connectivity index (χ4n) is 0. The zero-order chi connectivity index (χ0) is 3.58. The van der Waals surface area contributed by atoms with Crippen molar-refractivity contribution in [3.63, 3.8) is 0 Å². The average molecular weight is 307 g/mol. The van der Waals surface area contributed by atoms with Crippen LogP contribution in [-0.2, 0) is 0 Å². The summed E-state index contributed by atoms with van der Waals surface area (Å²) in [5, 5.41) is 14.8. The van der Waals surface area contributed by atoms with Gasteiger partial charge < -0.3 is 37.2 Å². The minimum absolute atomic E-state index is 0. The molecule has 0 rings (SSSR count). The van der Waals surface area contributed by atoms with Crippen molar-refractivity contribution in [2.45, 2.75) is 0 Å². The standard InChI is InChI=1S/NO3.4H2O.Yb/c2-1(3)4;;;;;/h;4*1H2;/q-1;;;;;. The third kappa shape index (κ3) is 1180. The Morgan fingerprint density at radius 1 is 0.889 bits per heavy atom. The Balaban J connectivity index is -0.00000000450. The third-order valence-corrected chi connectivity index (χ3v) is 0. The van der Waals surface area contributed by atoms with Crippen molar-refractivity contribution < 1.29 is 73.9 Å². The molecule has 0 atom stereocenters. The van der Waals surface area contributed by atoms with Crippen molar-refractivity contribution in [3.05, 3.63) is 15.3 Å². The van der Waals surface area contributed by atoms with Gasteiger partial charge in [0.15, 0.2) is 0 Å². The molecule has 70 valence electrons. The Kier molecular flexibility index (Phi) is 237. The van der Waals surface area contributed by atoms with Crippen LogP contribution in [0.4, 0.5) is 0 Å². The fourth-order valence-corrected chi connectivity index (χ4v) is 0. The van der Waals surface area contributed by atoms with Crippen molar-refractivity contribution in [1.82, 2.24) is 0 Å². The number of hydrogen-bond donors (Lipinski definition) is 0. The quantitative estimate of drug-likeness (QED) is 0.331. The molecule has 0 saturated heterocycles. The predicted molar refractivity (Wildman–Crippen MR) is 24.8 cm³/mol. The van der Waals surface area contributed by atoms with Crippen LogP contribution in [0.25, 0.3) is 0 Å². The van der Waals surface area contributed by atoms with Crippen molar-refractivity contribution in [1.29, 1.82) is 0 Å². The van der Waals surface area contributed by atoms with E-state index < -0.39 is 5.09 Å². The van der Waals surface area contributed by atoms with E-state index in [1.807, 2.05) is 0 Å². The van der Waals surface area contributed by atoms with E-state index in [4.69, 9.17) is 15.3 Å². The first kappa shape index (κ1) is 55.3. The van der Waals surface area contributed by atoms with E-state index >= 15 is 0 Å². The van der Waals surface area contributed by atoms with Crippen LogP contribution in [0, 0.1) is 62.2 Å². The van der Waals surface area contributed by atoms with Gasteiger partial charge in [-0.15, -0.1) is 0 Å². The van der Waals surface area contributed by atoms with E-state index in [1.165, 1.54) is 0 Å². The van der Waals surface area contributed by atoms with Crippen LogP contribution in [0.1, 0.15) is 0 Å². The van der Waals surface area contributed by atoms with Crippen LogP contribution in [0.15, 0.2) is 0 Å². The molecule has 9 heteroatoms. The zero-order valence-electron chi connectivity index (χ0n) is 3.94. The smallest absolute Gasteiger partial charge is 0.0689 e. The number of nitrogens with zero attached hydrogens (tertiary/aromatic N) is 1. The maximum atomic E-state index is 8.25. The summed E-state index contributed by atoms with van der Waals surface area (Å²) >= 11 is 0. The largest absolute Gasteiger partial charge is 0.412 e. The van der Waals surface area contributed by atoms with Crippen molar-refractivity contribution in [2.24, 2.45) is 0 Å². The number of rotatable bonds is 0. The van der Waals surface area contributed by atoms with E-state index in [1.54, 1.807) is 0 Å². The molecule has 0 aromatic heterocycles. The molecule has 8 N–H and O–H groups in total. The molecule has 0 heterocycles. The van der Waals surface area contributed by atoms with Gasteiger partial charge in [0.1, 0.15) is 0 Å².